The molecule has 31 heavy (non-hydrogen) atoms. The van der Waals surface area contributed by atoms with Crippen LogP contribution < -0.4 is 5.32 Å². The summed E-state index contributed by atoms with van der Waals surface area (Å²) in [7, 11) is 0.499. The van der Waals surface area contributed by atoms with Crippen LogP contribution in [0, 0.1) is 0 Å². The van der Waals surface area contributed by atoms with Crippen LogP contribution in [0.5, 0.6) is 0 Å². The predicted octanol–water partition coefficient (Wildman–Crippen LogP) is 2.06. The molecule has 7 nitrogen and oxygen atoms in total. The normalized spacial score (nSPS) is 16.2. The lowest BCUT2D eigenvalue weighted by Crippen LogP contribution is -2.40. The predicted molar refractivity (Wildman–Crippen MR) is 120 cm³/mol. The number of carbonyl (C=O) groups excluding carboxylic acids is 1. The smallest absolute Gasteiger partial charge is 0.243 e. The summed E-state index contributed by atoms with van der Waals surface area (Å²) in [4.78, 5) is 14.7. The lowest BCUT2D eigenvalue weighted by molar-refractivity contribution is -0.121. The van der Waals surface area contributed by atoms with E-state index in [0.717, 1.165) is 11.1 Å². The van der Waals surface area contributed by atoms with E-state index in [1.165, 1.54) is 4.31 Å². The van der Waals surface area contributed by atoms with E-state index in [9.17, 15) is 13.2 Å². The third-order valence-electron chi connectivity index (χ3n) is 5.47. The number of aryl methyl sites for hydroxylation is 1. The van der Waals surface area contributed by atoms with Crippen LogP contribution in [0.3, 0.4) is 0 Å². The summed E-state index contributed by atoms with van der Waals surface area (Å²) in [5.41, 5.74) is 2.09. The molecule has 2 aromatic carbocycles. The standard InChI is InChI=1S/C23H31N3O4S/c1-25(2)22(20-6-4-3-5-7-20)18-24-23(27)13-10-19-8-11-21(12-9-19)31(28,29)26-14-16-30-17-15-26/h3-9,11-12,22H,10,13-18H2,1-2H3,(H,24,27)/t22-/m1/s1. The number of morpholine rings is 1. The Morgan fingerprint density at radius 1 is 1.06 bits per heavy atom. The number of ether oxygens (including phenoxy) is 1. The van der Waals surface area contributed by atoms with Crippen molar-refractivity contribution in [3.05, 3.63) is 65.7 Å². The van der Waals surface area contributed by atoms with Gasteiger partial charge < -0.3 is 15.0 Å². The zero-order valence-electron chi connectivity index (χ0n) is 18.2. The molecule has 2 aromatic rings. The number of hydrogen-bond donors (Lipinski definition) is 1. The Hall–Kier alpha value is -2.26. The molecule has 0 radical (unpaired) electrons. The van der Waals surface area contributed by atoms with Gasteiger partial charge in [0.25, 0.3) is 0 Å². The SMILES string of the molecule is CN(C)[C@H](CNC(=O)CCc1ccc(S(=O)(=O)N2CCOCC2)cc1)c1ccccc1. The van der Waals surface area contributed by atoms with E-state index in [2.05, 4.69) is 22.3 Å². The van der Waals surface area contributed by atoms with Gasteiger partial charge in [-0.1, -0.05) is 42.5 Å². The number of sulfonamides is 1. The molecule has 1 aliphatic rings. The van der Waals surface area contributed by atoms with Crippen LogP contribution in [-0.4, -0.2) is 70.5 Å². The van der Waals surface area contributed by atoms with E-state index in [1.54, 1.807) is 24.3 Å². The molecule has 1 saturated heterocycles. The maximum Gasteiger partial charge on any atom is 0.243 e. The zero-order valence-corrected chi connectivity index (χ0v) is 19.0. The first-order valence-corrected chi connectivity index (χ1v) is 12.0. The lowest BCUT2D eigenvalue weighted by Gasteiger charge is -2.26. The van der Waals surface area contributed by atoms with Crippen LogP contribution in [0.1, 0.15) is 23.6 Å². The molecule has 0 saturated carbocycles. The Balaban J connectivity index is 1.51. The summed E-state index contributed by atoms with van der Waals surface area (Å²) in [6, 6.07) is 17.0. The second kappa shape index (κ2) is 10.9. The van der Waals surface area contributed by atoms with Crippen molar-refractivity contribution in [2.45, 2.75) is 23.8 Å². The van der Waals surface area contributed by atoms with Crippen LogP contribution in [0.4, 0.5) is 0 Å². The van der Waals surface area contributed by atoms with E-state index in [0.29, 0.717) is 45.7 Å². The molecule has 3 rings (SSSR count). The van der Waals surface area contributed by atoms with Crippen LogP contribution in [-0.2, 0) is 26.0 Å². The Morgan fingerprint density at radius 3 is 2.32 bits per heavy atom. The summed E-state index contributed by atoms with van der Waals surface area (Å²) in [6.07, 6.45) is 0.909. The van der Waals surface area contributed by atoms with Crippen molar-refractivity contribution in [1.29, 1.82) is 0 Å². The number of benzene rings is 2. The first-order chi connectivity index (χ1) is 14.9. The molecule has 0 bridgehead atoms. The van der Waals surface area contributed by atoms with Gasteiger partial charge >= 0.3 is 0 Å². The minimum absolute atomic E-state index is 0.0206. The molecule has 0 spiro atoms. The highest BCUT2D eigenvalue weighted by Gasteiger charge is 2.26. The third-order valence-corrected chi connectivity index (χ3v) is 7.39. The van der Waals surface area contributed by atoms with Gasteiger partial charge in [-0.25, -0.2) is 8.42 Å². The first kappa shape index (κ1) is 23.4. The summed E-state index contributed by atoms with van der Waals surface area (Å²) in [5, 5.41) is 3.02. The van der Waals surface area contributed by atoms with Gasteiger partial charge in [-0.15, -0.1) is 0 Å². The number of likely N-dealkylation sites (N-methyl/N-ethyl adjacent to an activating group) is 1. The van der Waals surface area contributed by atoms with Crippen molar-refractivity contribution in [3.63, 3.8) is 0 Å². The molecular weight excluding hydrogens is 414 g/mol. The molecule has 0 aliphatic carbocycles. The van der Waals surface area contributed by atoms with Crippen LogP contribution in [0.2, 0.25) is 0 Å². The largest absolute Gasteiger partial charge is 0.379 e. The molecule has 1 heterocycles. The summed E-state index contributed by atoms with van der Waals surface area (Å²) < 4.78 is 32.1. The van der Waals surface area contributed by atoms with Crippen molar-refractivity contribution in [2.24, 2.45) is 0 Å². The summed E-state index contributed by atoms with van der Waals surface area (Å²) >= 11 is 0. The van der Waals surface area contributed by atoms with Gasteiger partial charge in [0.2, 0.25) is 15.9 Å². The molecule has 1 fully saturated rings. The fraction of sp³-hybridized carbons (Fsp3) is 0.435. The van der Waals surface area contributed by atoms with Gasteiger partial charge in [-0.3, -0.25) is 4.79 Å². The molecule has 0 unspecified atom stereocenters. The van der Waals surface area contributed by atoms with Crippen molar-refractivity contribution in [3.8, 4) is 0 Å². The number of hydrogen-bond acceptors (Lipinski definition) is 5. The lowest BCUT2D eigenvalue weighted by atomic mass is 10.1. The highest BCUT2D eigenvalue weighted by atomic mass is 32.2. The Morgan fingerprint density at radius 2 is 1.71 bits per heavy atom. The number of rotatable bonds is 9. The second-order valence-corrected chi connectivity index (χ2v) is 9.79. The average molecular weight is 446 g/mol. The summed E-state index contributed by atoms with van der Waals surface area (Å²) in [5.74, 6) is -0.0206. The van der Waals surface area contributed by atoms with E-state index >= 15 is 0 Å². The highest BCUT2D eigenvalue weighted by molar-refractivity contribution is 7.89. The molecule has 1 aliphatic heterocycles. The number of amides is 1. The van der Waals surface area contributed by atoms with Gasteiger partial charge in [0, 0.05) is 26.1 Å². The van der Waals surface area contributed by atoms with E-state index in [4.69, 9.17) is 4.74 Å². The molecule has 1 amide bonds. The highest BCUT2D eigenvalue weighted by Crippen LogP contribution is 2.19. The Kier molecular flexibility index (Phi) is 8.20. The van der Waals surface area contributed by atoms with Gasteiger partial charge in [0.1, 0.15) is 0 Å². The minimum Gasteiger partial charge on any atom is -0.379 e. The monoisotopic (exact) mass is 445 g/mol. The van der Waals surface area contributed by atoms with Gasteiger partial charge in [-0.2, -0.15) is 4.31 Å². The fourth-order valence-corrected chi connectivity index (χ4v) is 5.00. The minimum atomic E-state index is -3.49. The topological polar surface area (TPSA) is 79.0 Å². The Labute approximate surface area is 185 Å². The number of nitrogens with zero attached hydrogens (tertiary/aromatic N) is 2. The number of carbonyl (C=O) groups is 1. The maximum absolute atomic E-state index is 12.7. The Bertz CT molecular complexity index is 941. The molecule has 8 heteroatoms. The molecule has 1 atom stereocenters. The van der Waals surface area contributed by atoms with Crippen molar-refractivity contribution in [1.82, 2.24) is 14.5 Å². The van der Waals surface area contributed by atoms with E-state index < -0.39 is 10.0 Å². The van der Waals surface area contributed by atoms with E-state index in [1.807, 2.05) is 32.3 Å². The zero-order chi connectivity index (χ0) is 22.3. The molecule has 0 aromatic heterocycles. The number of nitrogens with one attached hydrogen (secondary N) is 1. The average Bonchev–Trinajstić information content (AvgIpc) is 2.79. The van der Waals surface area contributed by atoms with Crippen LogP contribution in [0.25, 0.3) is 0 Å². The maximum atomic E-state index is 12.7. The van der Waals surface area contributed by atoms with Crippen LogP contribution >= 0.6 is 0 Å². The second-order valence-electron chi connectivity index (χ2n) is 7.85. The van der Waals surface area contributed by atoms with Gasteiger partial charge in [0.05, 0.1) is 24.2 Å². The molecular formula is C23H31N3O4S. The van der Waals surface area contributed by atoms with Crippen molar-refractivity contribution < 1.29 is 17.9 Å². The van der Waals surface area contributed by atoms with E-state index in [-0.39, 0.29) is 16.8 Å². The van der Waals surface area contributed by atoms with Crippen molar-refractivity contribution >= 4 is 15.9 Å². The van der Waals surface area contributed by atoms with Crippen molar-refractivity contribution in [2.75, 3.05) is 46.9 Å². The third kappa shape index (κ3) is 6.36. The fourth-order valence-electron chi connectivity index (χ4n) is 3.59. The summed E-state index contributed by atoms with van der Waals surface area (Å²) in [6.45, 7) is 2.13. The van der Waals surface area contributed by atoms with Gasteiger partial charge in [0.15, 0.2) is 0 Å². The first-order valence-electron chi connectivity index (χ1n) is 10.5. The molecule has 168 valence electrons. The van der Waals surface area contributed by atoms with Crippen LogP contribution in [0.15, 0.2) is 59.5 Å². The molecule has 1 N–H and O–H groups in total. The quantitative estimate of drug-likeness (QED) is 0.639. The van der Waals surface area contributed by atoms with Gasteiger partial charge in [-0.05, 0) is 43.8 Å².